The van der Waals surface area contributed by atoms with Crippen molar-refractivity contribution in [3.8, 4) is 0 Å². The summed E-state index contributed by atoms with van der Waals surface area (Å²) in [7, 11) is 1.96. The van der Waals surface area contributed by atoms with Crippen molar-refractivity contribution in [1.29, 1.82) is 0 Å². The molecule has 2 atom stereocenters. The Kier molecular flexibility index (Phi) is 6.35. The van der Waals surface area contributed by atoms with Gasteiger partial charge in [-0.15, -0.1) is 10.2 Å². The normalized spacial score (nSPS) is 14.3. The van der Waals surface area contributed by atoms with Gasteiger partial charge in [0.15, 0.2) is 11.8 Å². The van der Waals surface area contributed by atoms with E-state index in [1.54, 1.807) is 0 Å². The Balaban J connectivity index is 2.04. The van der Waals surface area contributed by atoms with E-state index >= 15 is 0 Å². The molecule has 130 valence electrons. The second kappa shape index (κ2) is 8.47. The summed E-state index contributed by atoms with van der Waals surface area (Å²) in [6.07, 6.45) is 0. The highest BCUT2D eigenvalue weighted by atomic mass is 15.3. The lowest BCUT2D eigenvalue weighted by atomic mass is 9.94. The van der Waals surface area contributed by atoms with Crippen LogP contribution in [0.1, 0.15) is 43.9 Å². The number of hydrogen-bond donors (Lipinski definition) is 2. The topological polar surface area (TPSA) is 67.1 Å². The summed E-state index contributed by atoms with van der Waals surface area (Å²) in [5.41, 5.74) is 1.32. The Morgan fingerprint density at radius 1 is 1.21 bits per heavy atom. The van der Waals surface area contributed by atoms with E-state index in [1.165, 1.54) is 5.56 Å². The zero-order valence-corrected chi connectivity index (χ0v) is 15.2. The van der Waals surface area contributed by atoms with Crippen molar-refractivity contribution in [1.82, 2.24) is 25.4 Å². The number of benzene rings is 1. The van der Waals surface area contributed by atoms with E-state index in [0.29, 0.717) is 12.5 Å². The molecule has 0 saturated heterocycles. The van der Waals surface area contributed by atoms with Crippen molar-refractivity contribution in [3.63, 3.8) is 0 Å². The quantitative estimate of drug-likeness (QED) is 0.631. The lowest BCUT2D eigenvalue weighted by molar-refractivity contribution is 0.549. The van der Waals surface area contributed by atoms with Crippen molar-refractivity contribution < 1.29 is 0 Å². The Hall–Kier alpha value is -2.37. The van der Waals surface area contributed by atoms with Crippen LogP contribution in [0.3, 0.4) is 0 Å². The molecule has 0 bridgehead atoms. The minimum Gasteiger partial charge on any atom is -0.357 e. The van der Waals surface area contributed by atoms with E-state index in [4.69, 9.17) is 0 Å². The third kappa shape index (κ3) is 4.57. The van der Waals surface area contributed by atoms with Gasteiger partial charge < -0.3 is 15.2 Å². The minimum atomic E-state index is 0.256. The number of nitrogens with one attached hydrogen (secondary N) is 2. The van der Waals surface area contributed by atoms with Gasteiger partial charge in [0.2, 0.25) is 0 Å². The molecule has 24 heavy (non-hydrogen) atoms. The second-order valence-corrected chi connectivity index (χ2v) is 6.05. The average Bonchev–Trinajstić information content (AvgIpc) is 2.91. The number of hydrogen-bond acceptors (Lipinski definition) is 3. The molecule has 2 rings (SSSR count). The molecule has 0 amide bonds. The molecule has 0 fully saturated rings. The first-order chi connectivity index (χ1) is 11.5. The molecule has 0 saturated carbocycles. The minimum absolute atomic E-state index is 0.256. The SMILES string of the molecule is CCNC(=NCc1nnc(C)n1C)NC(C)C(C)c1ccccc1. The van der Waals surface area contributed by atoms with Crippen LogP contribution in [0.5, 0.6) is 0 Å². The van der Waals surface area contributed by atoms with E-state index in [0.717, 1.165) is 24.2 Å². The van der Waals surface area contributed by atoms with Crippen LogP contribution in [-0.4, -0.2) is 33.3 Å². The van der Waals surface area contributed by atoms with E-state index < -0.39 is 0 Å². The van der Waals surface area contributed by atoms with Crippen LogP contribution in [0.4, 0.5) is 0 Å². The summed E-state index contributed by atoms with van der Waals surface area (Å²) in [5.74, 6) is 2.93. The van der Waals surface area contributed by atoms with Crippen LogP contribution in [-0.2, 0) is 13.6 Å². The maximum atomic E-state index is 4.65. The average molecular weight is 328 g/mol. The van der Waals surface area contributed by atoms with Crippen LogP contribution in [0.15, 0.2) is 35.3 Å². The van der Waals surface area contributed by atoms with Crippen LogP contribution >= 0.6 is 0 Å². The van der Waals surface area contributed by atoms with Crippen molar-refractivity contribution in [3.05, 3.63) is 47.5 Å². The van der Waals surface area contributed by atoms with E-state index in [-0.39, 0.29) is 6.04 Å². The van der Waals surface area contributed by atoms with Gasteiger partial charge in [0.1, 0.15) is 12.4 Å². The fourth-order valence-electron chi connectivity index (χ4n) is 2.44. The maximum absolute atomic E-state index is 4.65. The molecule has 1 heterocycles. The number of aliphatic imine (C=N–C) groups is 1. The molecule has 0 aliphatic heterocycles. The molecule has 1 aromatic heterocycles. The summed E-state index contributed by atoms with van der Waals surface area (Å²) in [5, 5.41) is 15.0. The molecular formula is C18H28N6. The highest BCUT2D eigenvalue weighted by Crippen LogP contribution is 2.18. The van der Waals surface area contributed by atoms with E-state index in [2.05, 4.69) is 70.9 Å². The number of rotatable bonds is 6. The van der Waals surface area contributed by atoms with Crippen LogP contribution in [0, 0.1) is 6.92 Å². The Bertz CT molecular complexity index is 661. The predicted molar refractivity (Wildman–Crippen MR) is 98.0 cm³/mol. The standard InChI is InChI=1S/C18H28N6/c1-6-19-18(20-12-17-23-22-15(4)24(17)5)21-14(3)13(2)16-10-8-7-9-11-16/h7-11,13-14H,6,12H2,1-5H3,(H2,19,20,21). The van der Waals surface area contributed by atoms with Gasteiger partial charge in [0.25, 0.3) is 0 Å². The molecule has 1 aromatic carbocycles. The summed E-state index contributed by atoms with van der Waals surface area (Å²) in [6, 6.07) is 10.8. The first kappa shape index (κ1) is 18.0. The third-order valence-electron chi connectivity index (χ3n) is 4.35. The molecule has 0 spiro atoms. The van der Waals surface area contributed by atoms with Gasteiger partial charge in [-0.2, -0.15) is 0 Å². The van der Waals surface area contributed by atoms with Crippen molar-refractivity contribution in [2.24, 2.45) is 12.0 Å². The fraction of sp³-hybridized carbons (Fsp3) is 0.500. The van der Waals surface area contributed by atoms with Gasteiger partial charge in [0, 0.05) is 25.6 Å². The monoisotopic (exact) mass is 328 g/mol. The van der Waals surface area contributed by atoms with E-state index in [9.17, 15) is 0 Å². The van der Waals surface area contributed by atoms with Gasteiger partial charge in [0.05, 0.1) is 0 Å². The molecule has 2 aromatic rings. The molecule has 0 aliphatic carbocycles. The summed E-state index contributed by atoms with van der Waals surface area (Å²) in [4.78, 5) is 4.65. The van der Waals surface area contributed by atoms with Gasteiger partial charge in [-0.05, 0) is 26.3 Å². The van der Waals surface area contributed by atoms with Gasteiger partial charge in [-0.3, -0.25) is 0 Å². The Morgan fingerprint density at radius 2 is 1.92 bits per heavy atom. The van der Waals surface area contributed by atoms with Crippen LogP contribution in [0.2, 0.25) is 0 Å². The largest absolute Gasteiger partial charge is 0.357 e. The first-order valence-corrected chi connectivity index (χ1v) is 8.47. The van der Waals surface area contributed by atoms with E-state index in [1.807, 2.05) is 24.6 Å². The zero-order valence-electron chi connectivity index (χ0n) is 15.2. The fourth-order valence-corrected chi connectivity index (χ4v) is 2.44. The number of aromatic nitrogens is 3. The van der Waals surface area contributed by atoms with Gasteiger partial charge in [-0.1, -0.05) is 37.3 Å². The van der Waals surface area contributed by atoms with Gasteiger partial charge in [-0.25, -0.2) is 4.99 Å². The first-order valence-electron chi connectivity index (χ1n) is 8.47. The lowest BCUT2D eigenvalue weighted by Gasteiger charge is -2.24. The third-order valence-corrected chi connectivity index (χ3v) is 4.35. The van der Waals surface area contributed by atoms with Crippen molar-refractivity contribution in [2.75, 3.05) is 6.54 Å². The van der Waals surface area contributed by atoms with Crippen LogP contribution < -0.4 is 10.6 Å². The summed E-state index contributed by atoms with van der Waals surface area (Å²) >= 11 is 0. The molecule has 6 heteroatoms. The number of nitrogens with zero attached hydrogens (tertiary/aromatic N) is 4. The molecule has 2 N–H and O–H groups in total. The Labute approximate surface area is 144 Å². The lowest BCUT2D eigenvalue weighted by Crippen LogP contribution is -2.44. The number of aryl methyl sites for hydroxylation is 1. The summed E-state index contributed by atoms with van der Waals surface area (Å²) < 4.78 is 1.96. The second-order valence-electron chi connectivity index (χ2n) is 6.05. The number of guanidine groups is 1. The molecular weight excluding hydrogens is 300 g/mol. The van der Waals surface area contributed by atoms with Gasteiger partial charge >= 0.3 is 0 Å². The highest BCUT2D eigenvalue weighted by molar-refractivity contribution is 5.80. The smallest absolute Gasteiger partial charge is 0.191 e. The van der Waals surface area contributed by atoms with Crippen molar-refractivity contribution >= 4 is 5.96 Å². The molecule has 0 aliphatic rings. The molecule has 6 nitrogen and oxygen atoms in total. The maximum Gasteiger partial charge on any atom is 0.191 e. The Morgan fingerprint density at radius 3 is 2.50 bits per heavy atom. The molecule has 2 unspecified atom stereocenters. The highest BCUT2D eigenvalue weighted by Gasteiger charge is 2.15. The molecule has 0 radical (unpaired) electrons. The van der Waals surface area contributed by atoms with Crippen molar-refractivity contribution in [2.45, 2.75) is 46.2 Å². The zero-order chi connectivity index (χ0) is 17.5. The summed E-state index contributed by atoms with van der Waals surface area (Å²) in [6.45, 7) is 9.72. The van der Waals surface area contributed by atoms with Crippen LogP contribution in [0.25, 0.3) is 0 Å². The predicted octanol–water partition coefficient (Wildman–Crippen LogP) is 2.37.